The predicted octanol–water partition coefficient (Wildman–Crippen LogP) is 2.65. The molecule has 112 valence electrons. The van der Waals surface area contributed by atoms with Crippen LogP contribution in [0.25, 0.3) is 0 Å². The fourth-order valence-electron chi connectivity index (χ4n) is 2.09. The number of nitrogen functional groups attached to an aromatic ring is 1. The maximum absolute atomic E-state index is 12.3. The van der Waals surface area contributed by atoms with Gasteiger partial charge < -0.3 is 5.73 Å². The van der Waals surface area contributed by atoms with Crippen LogP contribution in [0, 0.1) is 12.8 Å². The second-order valence-electron chi connectivity index (χ2n) is 5.03. The van der Waals surface area contributed by atoms with Crippen LogP contribution >= 0.6 is 23.4 Å². The van der Waals surface area contributed by atoms with E-state index in [0.29, 0.717) is 28.7 Å². The third-order valence-electron chi connectivity index (χ3n) is 3.57. The molecule has 1 heterocycles. The minimum atomic E-state index is -3.54. The average molecular weight is 335 g/mol. The van der Waals surface area contributed by atoms with E-state index in [-0.39, 0.29) is 4.90 Å². The molecule has 1 saturated heterocycles. The van der Waals surface area contributed by atoms with Crippen LogP contribution in [-0.2, 0) is 10.0 Å². The Labute approximate surface area is 129 Å². The van der Waals surface area contributed by atoms with Gasteiger partial charge in [-0.05, 0) is 54.9 Å². The van der Waals surface area contributed by atoms with Crippen molar-refractivity contribution < 1.29 is 8.42 Å². The monoisotopic (exact) mass is 334 g/mol. The highest BCUT2D eigenvalue weighted by molar-refractivity contribution is 7.99. The lowest BCUT2D eigenvalue weighted by molar-refractivity contribution is 0.476. The summed E-state index contributed by atoms with van der Waals surface area (Å²) in [5.74, 6) is 2.63. The van der Waals surface area contributed by atoms with Gasteiger partial charge in [0.1, 0.15) is 0 Å². The van der Waals surface area contributed by atoms with E-state index < -0.39 is 10.0 Å². The van der Waals surface area contributed by atoms with Crippen LogP contribution in [0.1, 0.15) is 18.4 Å². The van der Waals surface area contributed by atoms with Crippen molar-refractivity contribution in [1.82, 2.24) is 4.72 Å². The molecule has 1 aromatic carbocycles. The molecule has 4 nitrogen and oxygen atoms in total. The third kappa shape index (κ3) is 3.81. The summed E-state index contributed by atoms with van der Waals surface area (Å²) in [5.41, 5.74) is 6.88. The van der Waals surface area contributed by atoms with Crippen molar-refractivity contribution in [3.63, 3.8) is 0 Å². The molecule has 7 heteroatoms. The van der Waals surface area contributed by atoms with Crippen molar-refractivity contribution in [3.05, 3.63) is 22.7 Å². The number of nitrogens with one attached hydrogen (secondary N) is 1. The zero-order valence-corrected chi connectivity index (χ0v) is 13.7. The molecule has 0 aliphatic carbocycles. The Morgan fingerprint density at radius 1 is 1.40 bits per heavy atom. The second kappa shape index (κ2) is 6.56. The molecule has 1 aliphatic rings. The van der Waals surface area contributed by atoms with Gasteiger partial charge in [-0.3, -0.25) is 0 Å². The van der Waals surface area contributed by atoms with Crippen LogP contribution in [-0.4, -0.2) is 26.5 Å². The van der Waals surface area contributed by atoms with Crippen molar-refractivity contribution in [2.45, 2.75) is 24.7 Å². The molecule has 1 aromatic rings. The lowest BCUT2D eigenvalue weighted by atomic mass is 10.0. The van der Waals surface area contributed by atoms with Gasteiger partial charge in [0.25, 0.3) is 0 Å². The Morgan fingerprint density at radius 3 is 2.65 bits per heavy atom. The van der Waals surface area contributed by atoms with E-state index in [9.17, 15) is 8.42 Å². The Hall–Kier alpha value is -0.430. The van der Waals surface area contributed by atoms with E-state index in [1.807, 2.05) is 11.8 Å². The molecule has 20 heavy (non-hydrogen) atoms. The van der Waals surface area contributed by atoms with Gasteiger partial charge in [0, 0.05) is 17.3 Å². The molecule has 2 rings (SSSR count). The number of anilines is 1. The van der Waals surface area contributed by atoms with Gasteiger partial charge in [-0.15, -0.1) is 0 Å². The highest BCUT2D eigenvalue weighted by Crippen LogP contribution is 2.26. The van der Waals surface area contributed by atoms with Crippen molar-refractivity contribution in [3.8, 4) is 0 Å². The average Bonchev–Trinajstić information content (AvgIpc) is 2.43. The van der Waals surface area contributed by atoms with Gasteiger partial charge >= 0.3 is 0 Å². The first-order valence-electron chi connectivity index (χ1n) is 6.53. The maximum atomic E-state index is 12.3. The second-order valence-corrected chi connectivity index (χ2v) is 8.43. The minimum Gasteiger partial charge on any atom is -0.398 e. The fraction of sp³-hybridized carbons (Fsp3) is 0.538. The summed E-state index contributed by atoms with van der Waals surface area (Å²) in [7, 11) is -3.54. The summed E-state index contributed by atoms with van der Waals surface area (Å²) in [6.45, 7) is 2.25. The molecule has 1 aliphatic heterocycles. The molecular weight excluding hydrogens is 316 g/mol. The van der Waals surface area contributed by atoms with Crippen LogP contribution in [0.2, 0.25) is 5.02 Å². The fourth-order valence-corrected chi connectivity index (χ4v) is 4.76. The lowest BCUT2D eigenvalue weighted by Crippen LogP contribution is -2.31. The van der Waals surface area contributed by atoms with Crippen LogP contribution < -0.4 is 10.5 Å². The number of nitrogens with two attached hydrogens (primary N) is 1. The number of rotatable bonds is 4. The van der Waals surface area contributed by atoms with Gasteiger partial charge in [0.15, 0.2) is 0 Å². The van der Waals surface area contributed by atoms with E-state index in [0.717, 1.165) is 24.3 Å². The number of benzene rings is 1. The molecule has 0 bridgehead atoms. The zero-order chi connectivity index (χ0) is 14.8. The zero-order valence-electron chi connectivity index (χ0n) is 11.4. The van der Waals surface area contributed by atoms with Gasteiger partial charge in [-0.1, -0.05) is 11.6 Å². The number of halogens is 1. The number of sulfonamides is 1. The van der Waals surface area contributed by atoms with Crippen molar-refractivity contribution in [2.75, 3.05) is 23.8 Å². The molecule has 1 fully saturated rings. The first-order chi connectivity index (χ1) is 9.40. The first-order valence-corrected chi connectivity index (χ1v) is 9.55. The summed E-state index contributed by atoms with van der Waals surface area (Å²) in [6, 6.07) is 2.91. The third-order valence-corrected chi connectivity index (χ3v) is 6.42. The normalized spacial score (nSPS) is 17.3. The number of hydrogen-bond donors (Lipinski definition) is 2. The van der Waals surface area contributed by atoms with Crippen LogP contribution in [0.3, 0.4) is 0 Å². The van der Waals surface area contributed by atoms with Crippen LogP contribution in [0.5, 0.6) is 0 Å². The van der Waals surface area contributed by atoms with E-state index in [4.69, 9.17) is 17.3 Å². The van der Waals surface area contributed by atoms with Crippen molar-refractivity contribution in [2.24, 2.45) is 5.92 Å². The quantitative estimate of drug-likeness (QED) is 0.830. The molecular formula is C13H19ClN2O2S2. The van der Waals surface area contributed by atoms with Gasteiger partial charge in [0.2, 0.25) is 10.0 Å². The van der Waals surface area contributed by atoms with Gasteiger partial charge in [0.05, 0.1) is 4.90 Å². The van der Waals surface area contributed by atoms with Crippen LogP contribution in [0.4, 0.5) is 5.69 Å². The number of thioether (sulfide) groups is 1. The number of hydrogen-bond acceptors (Lipinski definition) is 4. The van der Waals surface area contributed by atoms with E-state index in [1.54, 1.807) is 6.92 Å². The highest BCUT2D eigenvalue weighted by atomic mass is 35.5. The first kappa shape index (κ1) is 15.9. The van der Waals surface area contributed by atoms with E-state index in [2.05, 4.69) is 4.72 Å². The maximum Gasteiger partial charge on any atom is 0.240 e. The smallest absolute Gasteiger partial charge is 0.240 e. The van der Waals surface area contributed by atoms with E-state index >= 15 is 0 Å². The standard InChI is InChI=1S/C13H19ClN2O2S2/c1-9-12(14)6-11(7-13(9)15)20(17,18)16-8-10-2-4-19-5-3-10/h6-7,10,16H,2-5,8,15H2,1H3. The van der Waals surface area contributed by atoms with E-state index in [1.165, 1.54) is 12.1 Å². The molecule has 0 amide bonds. The summed E-state index contributed by atoms with van der Waals surface area (Å²) < 4.78 is 27.2. The Morgan fingerprint density at radius 2 is 2.05 bits per heavy atom. The summed E-state index contributed by atoms with van der Waals surface area (Å²) >= 11 is 7.92. The SMILES string of the molecule is Cc1c(N)cc(S(=O)(=O)NCC2CCSCC2)cc1Cl. The Balaban J connectivity index is 2.10. The van der Waals surface area contributed by atoms with Gasteiger partial charge in [-0.2, -0.15) is 11.8 Å². The molecule has 0 radical (unpaired) electrons. The molecule has 0 saturated carbocycles. The minimum absolute atomic E-state index is 0.135. The highest BCUT2D eigenvalue weighted by Gasteiger charge is 2.20. The summed E-state index contributed by atoms with van der Waals surface area (Å²) in [6.07, 6.45) is 2.12. The molecule has 0 unspecified atom stereocenters. The summed E-state index contributed by atoms with van der Waals surface area (Å²) in [4.78, 5) is 0.135. The Kier molecular flexibility index (Phi) is 5.23. The summed E-state index contributed by atoms with van der Waals surface area (Å²) in [5, 5.41) is 0.374. The molecule has 0 atom stereocenters. The van der Waals surface area contributed by atoms with Crippen LogP contribution in [0.15, 0.2) is 17.0 Å². The Bertz CT molecular complexity index is 561. The topological polar surface area (TPSA) is 72.2 Å². The molecule has 3 N–H and O–H groups in total. The van der Waals surface area contributed by atoms with Gasteiger partial charge in [-0.25, -0.2) is 13.1 Å². The molecule has 0 spiro atoms. The van der Waals surface area contributed by atoms with Crippen molar-refractivity contribution in [1.29, 1.82) is 0 Å². The predicted molar refractivity (Wildman–Crippen MR) is 85.8 cm³/mol. The largest absolute Gasteiger partial charge is 0.398 e. The van der Waals surface area contributed by atoms with Crippen molar-refractivity contribution >= 4 is 39.1 Å². The molecule has 0 aromatic heterocycles. The lowest BCUT2D eigenvalue weighted by Gasteiger charge is -2.21.